The van der Waals surface area contributed by atoms with Crippen molar-refractivity contribution in [2.45, 2.75) is 277 Å². The van der Waals surface area contributed by atoms with Crippen LogP contribution in [0.15, 0.2) is 109 Å². The van der Waals surface area contributed by atoms with Crippen LogP contribution < -0.4 is 0 Å². The van der Waals surface area contributed by atoms with Crippen molar-refractivity contribution >= 4 is 11.9 Å². The molecule has 1 unspecified atom stereocenters. The first-order valence-electron chi connectivity index (χ1n) is 29.4. The van der Waals surface area contributed by atoms with Crippen LogP contribution >= 0.6 is 0 Å². The van der Waals surface area contributed by atoms with E-state index < -0.39 is 6.10 Å². The first-order valence-corrected chi connectivity index (χ1v) is 29.4. The van der Waals surface area contributed by atoms with Gasteiger partial charge in [-0.15, -0.1) is 0 Å². The molecule has 0 amide bonds. The summed E-state index contributed by atoms with van der Waals surface area (Å²) in [6, 6.07) is 0. The maximum Gasteiger partial charge on any atom is 0.306 e. The lowest BCUT2D eigenvalue weighted by Gasteiger charge is -2.15. The van der Waals surface area contributed by atoms with Crippen molar-refractivity contribution < 1.29 is 24.2 Å². The van der Waals surface area contributed by atoms with Crippen LogP contribution in [0.25, 0.3) is 0 Å². The van der Waals surface area contributed by atoms with E-state index in [1.165, 1.54) is 154 Å². The van der Waals surface area contributed by atoms with Gasteiger partial charge in [-0.05, 0) is 103 Å². The van der Waals surface area contributed by atoms with Gasteiger partial charge in [-0.25, -0.2) is 0 Å². The molecule has 5 heteroatoms. The first-order chi connectivity index (χ1) is 34.6. The summed E-state index contributed by atoms with van der Waals surface area (Å²) in [5.74, 6) is -0.640. The largest absolute Gasteiger partial charge is 0.462 e. The van der Waals surface area contributed by atoms with Gasteiger partial charge in [-0.1, -0.05) is 264 Å². The van der Waals surface area contributed by atoms with E-state index in [1.807, 2.05) is 0 Å². The number of hydrogen-bond acceptors (Lipinski definition) is 5. The van der Waals surface area contributed by atoms with Gasteiger partial charge in [-0.2, -0.15) is 0 Å². The molecule has 1 N–H and O–H groups in total. The summed E-state index contributed by atoms with van der Waals surface area (Å²) < 4.78 is 10.7. The molecule has 0 saturated carbocycles. The van der Waals surface area contributed by atoms with Gasteiger partial charge in [-0.3, -0.25) is 9.59 Å². The molecule has 0 aromatic rings. The molecule has 0 radical (unpaired) electrons. The van der Waals surface area contributed by atoms with E-state index >= 15 is 0 Å². The molecule has 0 aliphatic rings. The summed E-state index contributed by atoms with van der Waals surface area (Å²) >= 11 is 0. The van der Waals surface area contributed by atoms with Crippen molar-refractivity contribution in [2.75, 3.05) is 13.2 Å². The maximum atomic E-state index is 12.3. The molecule has 0 aromatic carbocycles. The minimum absolute atomic E-state index is 0.0881. The number of esters is 2. The molecule has 0 aliphatic carbocycles. The number of ether oxygens (including phenoxy) is 2. The van der Waals surface area contributed by atoms with Crippen LogP contribution in [0.5, 0.6) is 0 Å². The number of aliphatic hydroxyl groups excluding tert-OH is 1. The molecule has 1 atom stereocenters. The molecular formula is C65H110O5. The average molecular weight is 972 g/mol. The SMILES string of the molecule is CC/C=C\C/C=C\C/C=C\C/C=C\C/C=C\C/C=C\C/C=C\C/C=C\CCCCC(=O)OC(CO)COC(=O)CCCCCCCCCCCCCCCCCCC/C=C\CCCCCCCCCC. The molecule has 0 aromatic heterocycles. The second kappa shape index (κ2) is 59.9. The minimum atomic E-state index is -0.803. The molecule has 70 heavy (non-hydrogen) atoms. The summed E-state index contributed by atoms with van der Waals surface area (Å²) in [4.78, 5) is 24.5. The van der Waals surface area contributed by atoms with E-state index in [9.17, 15) is 14.7 Å². The number of allylic oxidation sites excluding steroid dienone is 18. The molecule has 0 rings (SSSR count). The fraction of sp³-hybridized carbons (Fsp3) is 0.692. The smallest absolute Gasteiger partial charge is 0.306 e. The molecule has 0 heterocycles. The summed E-state index contributed by atoms with van der Waals surface area (Å²) in [7, 11) is 0. The predicted molar refractivity (Wildman–Crippen MR) is 306 cm³/mol. The third kappa shape index (κ3) is 57.1. The van der Waals surface area contributed by atoms with Crippen LogP contribution in [0, 0.1) is 0 Å². The van der Waals surface area contributed by atoms with Gasteiger partial charge in [0.15, 0.2) is 6.10 Å². The molecule has 400 valence electrons. The van der Waals surface area contributed by atoms with Crippen molar-refractivity contribution in [1.82, 2.24) is 0 Å². The fourth-order valence-electron chi connectivity index (χ4n) is 8.15. The molecule has 0 spiro atoms. The van der Waals surface area contributed by atoms with Gasteiger partial charge in [0.05, 0.1) is 6.61 Å². The van der Waals surface area contributed by atoms with Crippen molar-refractivity contribution in [1.29, 1.82) is 0 Å². The van der Waals surface area contributed by atoms with Crippen LogP contribution in [0.3, 0.4) is 0 Å². The predicted octanol–water partition coefficient (Wildman–Crippen LogP) is 20.1. The number of rotatable bonds is 53. The highest BCUT2D eigenvalue weighted by atomic mass is 16.6. The Morgan fingerprint density at radius 1 is 0.343 bits per heavy atom. The molecular weight excluding hydrogens is 861 g/mol. The lowest BCUT2D eigenvalue weighted by atomic mass is 10.0. The molecule has 0 aliphatic heterocycles. The lowest BCUT2D eigenvalue weighted by Crippen LogP contribution is -2.28. The number of hydrogen-bond donors (Lipinski definition) is 1. The Morgan fingerprint density at radius 3 is 0.971 bits per heavy atom. The number of carbonyl (C=O) groups is 2. The molecule has 0 bridgehead atoms. The van der Waals surface area contributed by atoms with Gasteiger partial charge in [0.25, 0.3) is 0 Å². The number of carbonyl (C=O) groups excluding carboxylic acids is 2. The van der Waals surface area contributed by atoms with Gasteiger partial charge < -0.3 is 14.6 Å². The van der Waals surface area contributed by atoms with Crippen LogP contribution in [-0.4, -0.2) is 36.4 Å². The Hall–Kier alpha value is -3.44. The van der Waals surface area contributed by atoms with Gasteiger partial charge >= 0.3 is 11.9 Å². The van der Waals surface area contributed by atoms with Crippen LogP contribution in [-0.2, 0) is 19.1 Å². The number of aliphatic hydroxyl groups is 1. The second-order valence-electron chi connectivity index (χ2n) is 19.3. The minimum Gasteiger partial charge on any atom is -0.462 e. The van der Waals surface area contributed by atoms with Gasteiger partial charge in [0.1, 0.15) is 6.61 Å². The summed E-state index contributed by atoms with van der Waals surface area (Å²) in [5, 5.41) is 9.65. The van der Waals surface area contributed by atoms with E-state index in [2.05, 4.69) is 123 Å². The molecule has 0 fully saturated rings. The fourth-order valence-corrected chi connectivity index (χ4v) is 8.15. The Balaban J connectivity index is 3.57. The molecule has 5 nitrogen and oxygen atoms in total. The normalized spacial score (nSPS) is 13.0. The molecule has 0 saturated heterocycles. The summed E-state index contributed by atoms with van der Waals surface area (Å²) in [6.07, 6.45) is 86.4. The van der Waals surface area contributed by atoms with E-state index in [0.29, 0.717) is 12.8 Å². The zero-order chi connectivity index (χ0) is 50.6. The van der Waals surface area contributed by atoms with Crippen LogP contribution in [0.2, 0.25) is 0 Å². The van der Waals surface area contributed by atoms with E-state index in [-0.39, 0.29) is 25.2 Å². The third-order valence-corrected chi connectivity index (χ3v) is 12.6. The van der Waals surface area contributed by atoms with Crippen molar-refractivity contribution in [2.24, 2.45) is 0 Å². The Labute approximate surface area is 433 Å². The zero-order valence-electron chi connectivity index (χ0n) is 45.7. The first kappa shape index (κ1) is 66.6. The average Bonchev–Trinajstić information content (AvgIpc) is 3.36. The highest BCUT2D eigenvalue weighted by molar-refractivity contribution is 5.70. The standard InChI is InChI=1S/C65H110O5/c1-3-5-7-9-11-13-15-17-19-21-23-25-27-29-31-32-34-35-37-39-41-43-45-47-49-51-53-55-57-59-64(67)69-62-63(61-66)70-65(68)60-58-56-54-52-50-48-46-44-42-40-38-36-33-30-28-26-24-22-20-18-16-14-12-10-8-6-4-2/h6,8,12,14,18,20-21,23-24,26,30,33,38,40,44,46,50,52,63,66H,3-5,7,9-11,13,15-17,19,22,25,27-29,31-32,34-37,39,41-43,45,47-49,51,53-62H2,1-2H3/b8-6-,14-12-,20-18-,23-21-,26-24-,33-30-,40-38-,46-44-,52-50-. The topological polar surface area (TPSA) is 72.8 Å². The van der Waals surface area contributed by atoms with Crippen molar-refractivity contribution in [3.05, 3.63) is 109 Å². The highest BCUT2D eigenvalue weighted by Crippen LogP contribution is 2.16. The van der Waals surface area contributed by atoms with E-state index in [4.69, 9.17) is 9.47 Å². The van der Waals surface area contributed by atoms with Crippen molar-refractivity contribution in [3.8, 4) is 0 Å². The van der Waals surface area contributed by atoms with E-state index in [0.717, 1.165) is 89.9 Å². The Kier molecular flexibility index (Phi) is 56.9. The van der Waals surface area contributed by atoms with E-state index in [1.54, 1.807) is 0 Å². The second-order valence-corrected chi connectivity index (χ2v) is 19.3. The van der Waals surface area contributed by atoms with Crippen molar-refractivity contribution in [3.63, 3.8) is 0 Å². The third-order valence-electron chi connectivity index (χ3n) is 12.6. The van der Waals surface area contributed by atoms with Gasteiger partial charge in [0, 0.05) is 12.8 Å². The van der Waals surface area contributed by atoms with Crippen LogP contribution in [0.1, 0.15) is 271 Å². The Bertz CT molecular complexity index is 1380. The Morgan fingerprint density at radius 2 is 0.614 bits per heavy atom. The highest BCUT2D eigenvalue weighted by Gasteiger charge is 2.16. The van der Waals surface area contributed by atoms with Gasteiger partial charge in [0.2, 0.25) is 0 Å². The monoisotopic (exact) mass is 971 g/mol. The number of unbranched alkanes of at least 4 members (excludes halogenated alkanes) is 27. The lowest BCUT2D eigenvalue weighted by molar-refractivity contribution is -0.161. The zero-order valence-corrected chi connectivity index (χ0v) is 45.7. The quantitative estimate of drug-likeness (QED) is 0.0373. The van der Waals surface area contributed by atoms with Crippen LogP contribution in [0.4, 0.5) is 0 Å². The summed E-state index contributed by atoms with van der Waals surface area (Å²) in [5.41, 5.74) is 0. The summed E-state index contributed by atoms with van der Waals surface area (Å²) in [6.45, 7) is 4.01. The maximum absolute atomic E-state index is 12.3.